The van der Waals surface area contributed by atoms with Crippen LogP contribution in [-0.2, 0) is 9.84 Å². The van der Waals surface area contributed by atoms with E-state index in [9.17, 15) is 8.42 Å². The lowest BCUT2D eigenvalue weighted by atomic mass is 10.1. The van der Waals surface area contributed by atoms with E-state index in [4.69, 9.17) is 0 Å². The first-order valence-electron chi connectivity index (χ1n) is 6.59. The summed E-state index contributed by atoms with van der Waals surface area (Å²) >= 11 is 3.37. The second-order valence-corrected chi connectivity index (χ2v) is 7.74. The van der Waals surface area contributed by atoms with Crippen LogP contribution in [0.4, 0.5) is 0 Å². The Morgan fingerprint density at radius 2 is 1.64 bits per heavy atom. The van der Waals surface area contributed by atoms with E-state index in [-0.39, 0.29) is 9.92 Å². The van der Waals surface area contributed by atoms with Gasteiger partial charge in [-0.1, -0.05) is 45.8 Å². The van der Waals surface area contributed by atoms with Gasteiger partial charge in [0, 0.05) is 10.0 Å². The number of aryl methyl sites for hydroxylation is 1. The Kier molecular flexibility index (Phi) is 3.88. The number of halogens is 1. The van der Waals surface area contributed by atoms with Crippen LogP contribution in [0.5, 0.6) is 0 Å². The third kappa shape index (κ3) is 2.71. The van der Waals surface area contributed by atoms with Gasteiger partial charge in [0.15, 0.2) is 5.03 Å². The quantitative estimate of drug-likeness (QED) is 0.751. The fourth-order valence-corrected chi connectivity index (χ4v) is 3.78. The van der Waals surface area contributed by atoms with Crippen molar-refractivity contribution in [3.05, 3.63) is 64.8 Å². The Balaban J connectivity index is 2.11. The molecule has 0 spiro atoms. The van der Waals surface area contributed by atoms with Crippen LogP contribution in [0.3, 0.4) is 0 Å². The predicted octanol–water partition coefficient (Wildman–Crippen LogP) is 3.98. The third-order valence-corrected chi connectivity index (χ3v) is 5.63. The van der Waals surface area contributed by atoms with Crippen molar-refractivity contribution in [2.24, 2.45) is 0 Å². The Morgan fingerprint density at radius 3 is 2.27 bits per heavy atom. The minimum absolute atomic E-state index is 0.110. The molecule has 2 aromatic carbocycles. The maximum absolute atomic E-state index is 12.8. The fourth-order valence-electron chi connectivity index (χ4n) is 2.15. The molecule has 0 bridgehead atoms. The van der Waals surface area contributed by atoms with Crippen molar-refractivity contribution in [3.8, 4) is 11.1 Å². The molecule has 112 valence electrons. The zero-order valence-electron chi connectivity index (χ0n) is 11.7. The lowest BCUT2D eigenvalue weighted by molar-refractivity contribution is 0.592. The highest BCUT2D eigenvalue weighted by molar-refractivity contribution is 9.10. The molecule has 0 saturated heterocycles. The van der Waals surface area contributed by atoms with Crippen LogP contribution >= 0.6 is 15.9 Å². The molecule has 3 rings (SSSR count). The monoisotopic (exact) mass is 376 g/mol. The Labute approximate surface area is 137 Å². The summed E-state index contributed by atoms with van der Waals surface area (Å²) in [4.78, 5) is 0.251. The van der Waals surface area contributed by atoms with Crippen LogP contribution in [0.1, 0.15) is 5.56 Å². The molecule has 1 N–H and O–H groups in total. The molecule has 1 aromatic heterocycles. The van der Waals surface area contributed by atoms with E-state index in [1.165, 1.54) is 6.20 Å². The molecule has 6 heteroatoms. The molecule has 0 amide bonds. The van der Waals surface area contributed by atoms with E-state index in [1.807, 2.05) is 31.2 Å². The van der Waals surface area contributed by atoms with Crippen molar-refractivity contribution in [2.75, 3.05) is 0 Å². The second-order valence-electron chi connectivity index (χ2n) is 4.94. The Hall–Kier alpha value is -1.92. The van der Waals surface area contributed by atoms with Gasteiger partial charge in [-0.05, 0) is 36.8 Å². The van der Waals surface area contributed by atoms with E-state index < -0.39 is 9.84 Å². The van der Waals surface area contributed by atoms with E-state index in [0.29, 0.717) is 5.56 Å². The lowest BCUT2D eigenvalue weighted by Crippen LogP contribution is -2.04. The van der Waals surface area contributed by atoms with Gasteiger partial charge < -0.3 is 0 Å². The number of nitrogens with zero attached hydrogens (tertiary/aromatic N) is 1. The predicted molar refractivity (Wildman–Crippen MR) is 88.4 cm³/mol. The first-order chi connectivity index (χ1) is 10.5. The van der Waals surface area contributed by atoms with Gasteiger partial charge in [0.1, 0.15) is 0 Å². The van der Waals surface area contributed by atoms with Gasteiger partial charge in [0.2, 0.25) is 9.84 Å². The molecule has 4 nitrogen and oxygen atoms in total. The molecule has 0 radical (unpaired) electrons. The Morgan fingerprint density at radius 1 is 1.00 bits per heavy atom. The van der Waals surface area contributed by atoms with Crippen LogP contribution in [0.15, 0.2) is 69.1 Å². The van der Waals surface area contributed by atoms with Gasteiger partial charge in [-0.25, -0.2) is 8.42 Å². The molecular formula is C16H13BrN2O2S. The smallest absolute Gasteiger partial charge is 0.223 e. The molecule has 0 fully saturated rings. The number of aromatic nitrogens is 2. The lowest BCUT2D eigenvalue weighted by Gasteiger charge is -2.06. The van der Waals surface area contributed by atoms with E-state index in [2.05, 4.69) is 26.1 Å². The number of aromatic amines is 1. The minimum atomic E-state index is -3.63. The summed E-state index contributed by atoms with van der Waals surface area (Å²) in [7, 11) is -3.63. The SMILES string of the molecule is Cc1ccc(S(=O)(=O)c2[nH]ncc2-c2ccc(Br)cc2)cc1. The molecule has 0 unspecified atom stereocenters. The van der Waals surface area contributed by atoms with Crippen molar-refractivity contribution in [1.82, 2.24) is 10.2 Å². The van der Waals surface area contributed by atoms with E-state index in [1.54, 1.807) is 24.3 Å². The molecular weight excluding hydrogens is 364 g/mol. The van der Waals surface area contributed by atoms with Crippen molar-refractivity contribution >= 4 is 25.8 Å². The number of rotatable bonds is 3. The molecule has 0 aliphatic rings. The Bertz CT molecular complexity index is 898. The maximum Gasteiger partial charge on any atom is 0.223 e. The number of hydrogen-bond donors (Lipinski definition) is 1. The maximum atomic E-state index is 12.8. The fraction of sp³-hybridized carbons (Fsp3) is 0.0625. The van der Waals surface area contributed by atoms with Gasteiger partial charge >= 0.3 is 0 Å². The first-order valence-corrected chi connectivity index (χ1v) is 8.87. The molecule has 0 aliphatic carbocycles. The molecule has 3 aromatic rings. The molecule has 1 heterocycles. The third-order valence-electron chi connectivity index (χ3n) is 3.36. The minimum Gasteiger partial charge on any atom is -0.267 e. The average molecular weight is 377 g/mol. The summed E-state index contributed by atoms with van der Waals surface area (Å²) in [6, 6.07) is 14.2. The van der Waals surface area contributed by atoms with Gasteiger partial charge in [0.05, 0.1) is 11.1 Å². The molecule has 22 heavy (non-hydrogen) atoms. The molecule has 0 atom stereocenters. The van der Waals surface area contributed by atoms with Gasteiger partial charge in [0.25, 0.3) is 0 Å². The number of H-pyrrole nitrogens is 1. The second kappa shape index (κ2) is 5.70. The molecule has 0 saturated carbocycles. The topological polar surface area (TPSA) is 62.8 Å². The van der Waals surface area contributed by atoms with E-state index in [0.717, 1.165) is 15.6 Å². The van der Waals surface area contributed by atoms with E-state index >= 15 is 0 Å². The van der Waals surface area contributed by atoms with Gasteiger partial charge in [-0.2, -0.15) is 5.10 Å². The van der Waals surface area contributed by atoms with Crippen LogP contribution in [0.2, 0.25) is 0 Å². The zero-order valence-corrected chi connectivity index (χ0v) is 14.1. The van der Waals surface area contributed by atoms with Gasteiger partial charge in [-0.15, -0.1) is 0 Å². The standard InChI is InChI=1S/C16H13BrN2O2S/c1-11-2-8-14(9-3-11)22(20,21)16-15(10-18-19-16)12-4-6-13(17)7-5-12/h2-10H,1H3,(H,18,19). The summed E-state index contributed by atoms with van der Waals surface area (Å²) in [5, 5.41) is 6.65. The van der Waals surface area contributed by atoms with Crippen LogP contribution in [0, 0.1) is 6.92 Å². The largest absolute Gasteiger partial charge is 0.267 e. The highest BCUT2D eigenvalue weighted by Crippen LogP contribution is 2.30. The van der Waals surface area contributed by atoms with Gasteiger partial charge in [-0.3, -0.25) is 5.10 Å². The summed E-state index contributed by atoms with van der Waals surface area (Å²) in [6.07, 6.45) is 1.53. The average Bonchev–Trinajstić information content (AvgIpc) is 2.99. The normalized spacial score (nSPS) is 11.5. The number of nitrogens with one attached hydrogen (secondary N) is 1. The van der Waals surface area contributed by atoms with Crippen LogP contribution in [-0.4, -0.2) is 18.6 Å². The van der Waals surface area contributed by atoms with Crippen LogP contribution < -0.4 is 0 Å². The summed E-state index contributed by atoms with van der Waals surface area (Å²) in [6.45, 7) is 1.92. The van der Waals surface area contributed by atoms with Crippen molar-refractivity contribution < 1.29 is 8.42 Å². The van der Waals surface area contributed by atoms with Crippen LogP contribution in [0.25, 0.3) is 11.1 Å². The summed E-state index contributed by atoms with van der Waals surface area (Å²) in [5.41, 5.74) is 2.37. The highest BCUT2D eigenvalue weighted by Gasteiger charge is 2.24. The number of hydrogen-bond acceptors (Lipinski definition) is 3. The van der Waals surface area contributed by atoms with Crippen molar-refractivity contribution in [1.29, 1.82) is 0 Å². The van der Waals surface area contributed by atoms with Crippen molar-refractivity contribution in [3.63, 3.8) is 0 Å². The first kappa shape index (κ1) is 15.0. The number of benzene rings is 2. The number of sulfone groups is 1. The molecule has 0 aliphatic heterocycles. The zero-order chi connectivity index (χ0) is 15.7. The summed E-state index contributed by atoms with van der Waals surface area (Å²) in [5.74, 6) is 0. The highest BCUT2D eigenvalue weighted by atomic mass is 79.9. The van der Waals surface area contributed by atoms with Crippen molar-refractivity contribution in [2.45, 2.75) is 16.8 Å². The summed E-state index contributed by atoms with van der Waals surface area (Å²) < 4.78 is 26.5.